The van der Waals surface area contributed by atoms with Crippen LogP contribution < -0.4 is 10.5 Å². The first kappa shape index (κ1) is 13.9. The van der Waals surface area contributed by atoms with Gasteiger partial charge in [-0.1, -0.05) is 0 Å². The Hall–Kier alpha value is -2.52. The SMILES string of the molecule is Cc1cc(C#N)ccc1S(=O)(=O)Nc1ccc(N)cc1. The van der Waals surface area contributed by atoms with E-state index in [1.165, 1.54) is 18.2 Å². The van der Waals surface area contributed by atoms with Gasteiger partial charge in [-0.15, -0.1) is 0 Å². The van der Waals surface area contributed by atoms with Crippen molar-refractivity contribution in [3.05, 3.63) is 53.6 Å². The molecule has 0 atom stereocenters. The number of rotatable bonds is 3. The second-order valence-electron chi connectivity index (χ2n) is 4.32. The molecule has 0 saturated heterocycles. The van der Waals surface area contributed by atoms with E-state index in [0.717, 1.165) is 0 Å². The maximum absolute atomic E-state index is 12.3. The molecule has 0 aliphatic carbocycles. The van der Waals surface area contributed by atoms with Crippen molar-refractivity contribution in [1.82, 2.24) is 0 Å². The number of sulfonamides is 1. The van der Waals surface area contributed by atoms with Crippen molar-refractivity contribution in [2.75, 3.05) is 10.5 Å². The summed E-state index contributed by atoms with van der Waals surface area (Å²) >= 11 is 0. The molecular weight excluding hydrogens is 274 g/mol. The number of nitrogens with one attached hydrogen (secondary N) is 1. The number of nitrogens with zero attached hydrogens (tertiary/aromatic N) is 1. The summed E-state index contributed by atoms with van der Waals surface area (Å²) in [5.41, 5.74) is 7.49. The van der Waals surface area contributed by atoms with Gasteiger partial charge in [-0.25, -0.2) is 8.42 Å². The van der Waals surface area contributed by atoms with Crippen LogP contribution in [0.1, 0.15) is 11.1 Å². The molecule has 0 amide bonds. The van der Waals surface area contributed by atoms with E-state index in [1.807, 2.05) is 6.07 Å². The molecule has 20 heavy (non-hydrogen) atoms. The molecule has 0 spiro atoms. The second-order valence-corrected chi connectivity index (χ2v) is 5.97. The van der Waals surface area contributed by atoms with Crippen LogP contribution in [0.3, 0.4) is 0 Å². The van der Waals surface area contributed by atoms with Crippen molar-refractivity contribution < 1.29 is 8.42 Å². The highest BCUT2D eigenvalue weighted by molar-refractivity contribution is 7.92. The van der Waals surface area contributed by atoms with Crippen LogP contribution in [0.25, 0.3) is 0 Å². The van der Waals surface area contributed by atoms with E-state index < -0.39 is 10.0 Å². The van der Waals surface area contributed by atoms with Gasteiger partial charge in [-0.2, -0.15) is 5.26 Å². The molecule has 0 aromatic heterocycles. The van der Waals surface area contributed by atoms with Gasteiger partial charge in [0, 0.05) is 11.4 Å². The Bertz CT molecular complexity index is 775. The number of anilines is 2. The van der Waals surface area contributed by atoms with Crippen LogP contribution in [0.2, 0.25) is 0 Å². The Morgan fingerprint density at radius 1 is 1.15 bits per heavy atom. The van der Waals surface area contributed by atoms with E-state index in [-0.39, 0.29) is 4.90 Å². The third-order valence-corrected chi connectivity index (χ3v) is 4.30. The molecule has 0 heterocycles. The minimum absolute atomic E-state index is 0.147. The minimum Gasteiger partial charge on any atom is -0.399 e. The van der Waals surface area contributed by atoms with Crippen molar-refractivity contribution in [2.24, 2.45) is 0 Å². The van der Waals surface area contributed by atoms with Crippen LogP contribution in [0.5, 0.6) is 0 Å². The number of benzene rings is 2. The maximum atomic E-state index is 12.3. The average Bonchev–Trinajstić information content (AvgIpc) is 2.40. The summed E-state index contributed by atoms with van der Waals surface area (Å²) in [7, 11) is -3.68. The van der Waals surface area contributed by atoms with Crippen LogP contribution in [-0.4, -0.2) is 8.42 Å². The lowest BCUT2D eigenvalue weighted by atomic mass is 10.2. The highest BCUT2D eigenvalue weighted by Crippen LogP contribution is 2.20. The lowest BCUT2D eigenvalue weighted by molar-refractivity contribution is 0.600. The Balaban J connectivity index is 2.36. The van der Waals surface area contributed by atoms with Gasteiger partial charge in [0.05, 0.1) is 16.5 Å². The molecule has 6 heteroatoms. The normalized spacial score (nSPS) is 10.8. The summed E-state index contributed by atoms with van der Waals surface area (Å²) in [4.78, 5) is 0.147. The zero-order chi connectivity index (χ0) is 14.8. The lowest BCUT2D eigenvalue weighted by Gasteiger charge is -2.10. The Labute approximate surface area is 117 Å². The van der Waals surface area contributed by atoms with Gasteiger partial charge < -0.3 is 5.73 Å². The van der Waals surface area contributed by atoms with Gasteiger partial charge in [-0.05, 0) is 55.0 Å². The molecule has 0 aliphatic heterocycles. The Morgan fingerprint density at radius 2 is 1.80 bits per heavy atom. The number of aryl methyl sites for hydroxylation is 1. The van der Waals surface area contributed by atoms with Gasteiger partial charge in [-0.3, -0.25) is 4.72 Å². The first-order valence-electron chi connectivity index (χ1n) is 5.81. The number of nitriles is 1. The van der Waals surface area contributed by atoms with E-state index in [1.54, 1.807) is 31.2 Å². The van der Waals surface area contributed by atoms with Gasteiger partial charge in [0.1, 0.15) is 0 Å². The number of hydrogen-bond donors (Lipinski definition) is 2. The Kier molecular flexibility index (Phi) is 3.63. The standard InChI is InChI=1S/C14H13N3O2S/c1-10-8-11(9-15)2-7-14(10)20(18,19)17-13-5-3-12(16)4-6-13/h2-8,17H,16H2,1H3. The molecule has 0 unspecified atom stereocenters. The molecule has 102 valence electrons. The van der Waals surface area contributed by atoms with Gasteiger partial charge in [0.25, 0.3) is 10.0 Å². The Morgan fingerprint density at radius 3 is 2.35 bits per heavy atom. The third kappa shape index (κ3) is 2.90. The van der Waals surface area contributed by atoms with Crippen molar-refractivity contribution >= 4 is 21.4 Å². The number of nitrogen functional groups attached to an aromatic ring is 1. The lowest BCUT2D eigenvalue weighted by Crippen LogP contribution is -2.14. The first-order chi connectivity index (χ1) is 9.42. The first-order valence-corrected chi connectivity index (χ1v) is 7.30. The molecule has 0 aliphatic rings. The summed E-state index contributed by atoms with van der Waals surface area (Å²) in [6.45, 7) is 1.65. The van der Waals surface area contributed by atoms with Crippen LogP contribution in [0.4, 0.5) is 11.4 Å². The van der Waals surface area contributed by atoms with Crippen LogP contribution in [0.15, 0.2) is 47.4 Å². The van der Waals surface area contributed by atoms with Crippen LogP contribution in [-0.2, 0) is 10.0 Å². The number of hydrogen-bond acceptors (Lipinski definition) is 4. The molecule has 0 bridgehead atoms. The summed E-state index contributed by atoms with van der Waals surface area (Å²) in [5.74, 6) is 0. The number of nitrogens with two attached hydrogens (primary N) is 1. The summed E-state index contributed by atoms with van der Waals surface area (Å²) in [6, 6.07) is 12.8. The smallest absolute Gasteiger partial charge is 0.262 e. The molecule has 5 nitrogen and oxygen atoms in total. The van der Waals surface area contributed by atoms with Crippen molar-refractivity contribution in [1.29, 1.82) is 5.26 Å². The van der Waals surface area contributed by atoms with Crippen LogP contribution in [0, 0.1) is 18.3 Å². The molecule has 2 rings (SSSR count). The van der Waals surface area contributed by atoms with Crippen LogP contribution >= 0.6 is 0 Å². The topological polar surface area (TPSA) is 96.0 Å². The fourth-order valence-corrected chi connectivity index (χ4v) is 3.07. The molecule has 0 fully saturated rings. The fraction of sp³-hybridized carbons (Fsp3) is 0.0714. The van der Waals surface area contributed by atoms with E-state index in [0.29, 0.717) is 22.5 Å². The van der Waals surface area contributed by atoms with E-state index >= 15 is 0 Å². The fourth-order valence-electron chi connectivity index (χ4n) is 1.78. The molecule has 0 radical (unpaired) electrons. The van der Waals surface area contributed by atoms with E-state index in [2.05, 4.69) is 4.72 Å². The maximum Gasteiger partial charge on any atom is 0.262 e. The monoisotopic (exact) mass is 287 g/mol. The highest BCUT2D eigenvalue weighted by atomic mass is 32.2. The quantitative estimate of drug-likeness (QED) is 0.846. The molecular formula is C14H13N3O2S. The largest absolute Gasteiger partial charge is 0.399 e. The molecule has 2 aromatic carbocycles. The third-order valence-electron chi connectivity index (χ3n) is 2.76. The van der Waals surface area contributed by atoms with Gasteiger partial charge in [0.2, 0.25) is 0 Å². The van der Waals surface area contributed by atoms with Crippen molar-refractivity contribution in [3.63, 3.8) is 0 Å². The summed E-state index contributed by atoms with van der Waals surface area (Å²) in [6.07, 6.45) is 0. The zero-order valence-corrected chi connectivity index (χ0v) is 11.6. The van der Waals surface area contributed by atoms with Crippen molar-refractivity contribution in [2.45, 2.75) is 11.8 Å². The van der Waals surface area contributed by atoms with Gasteiger partial charge in [0.15, 0.2) is 0 Å². The zero-order valence-electron chi connectivity index (χ0n) is 10.8. The van der Waals surface area contributed by atoms with Crippen molar-refractivity contribution in [3.8, 4) is 6.07 Å². The average molecular weight is 287 g/mol. The predicted molar refractivity (Wildman–Crippen MR) is 77.6 cm³/mol. The summed E-state index contributed by atoms with van der Waals surface area (Å²) in [5, 5.41) is 8.79. The minimum atomic E-state index is -3.68. The second kappa shape index (κ2) is 5.23. The molecule has 3 N–H and O–H groups in total. The van der Waals surface area contributed by atoms with E-state index in [4.69, 9.17) is 11.0 Å². The van der Waals surface area contributed by atoms with E-state index in [9.17, 15) is 8.42 Å². The van der Waals surface area contributed by atoms with Gasteiger partial charge >= 0.3 is 0 Å². The molecule has 0 saturated carbocycles. The molecule has 2 aromatic rings. The highest BCUT2D eigenvalue weighted by Gasteiger charge is 2.17. The predicted octanol–water partition coefficient (Wildman–Crippen LogP) is 2.25. The summed E-state index contributed by atoms with van der Waals surface area (Å²) < 4.78 is 27.0.